The van der Waals surface area contributed by atoms with E-state index in [9.17, 15) is 0 Å². The number of benzene rings is 1. The number of hydrogen-bond donors (Lipinski definition) is 0. The maximum absolute atomic E-state index is 5.80. The lowest BCUT2D eigenvalue weighted by Gasteiger charge is -2.47. The molecule has 2 nitrogen and oxygen atoms in total. The summed E-state index contributed by atoms with van der Waals surface area (Å²) in [6.07, 6.45) is 0.284. The third kappa shape index (κ3) is 2.21. The maximum Gasteiger partial charge on any atom is 0.198 e. The fourth-order valence-corrected chi connectivity index (χ4v) is 2.36. The third-order valence-electron chi connectivity index (χ3n) is 3.37. The Balaban J connectivity index is 2.18. The normalized spacial score (nSPS) is 24.6. The van der Waals surface area contributed by atoms with Gasteiger partial charge < -0.3 is 4.74 Å². The van der Waals surface area contributed by atoms with Crippen molar-refractivity contribution in [2.75, 3.05) is 0 Å². The minimum absolute atomic E-state index is 0.0546. The summed E-state index contributed by atoms with van der Waals surface area (Å²) in [5, 5.41) is 0. The highest BCUT2D eigenvalue weighted by molar-refractivity contribution is 5.89. The van der Waals surface area contributed by atoms with Crippen molar-refractivity contribution in [1.82, 2.24) is 0 Å². The van der Waals surface area contributed by atoms with Crippen LogP contribution in [0.15, 0.2) is 29.3 Å². The van der Waals surface area contributed by atoms with E-state index in [1.54, 1.807) is 0 Å². The van der Waals surface area contributed by atoms with Crippen LogP contribution in [0.25, 0.3) is 0 Å². The van der Waals surface area contributed by atoms with Crippen molar-refractivity contribution in [2.45, 2.75) is 40.7 Å². The van der Waals surface area contributed by atoms with Crippen molar-refractivity contribution in [3.63, 3.8) is 0 Å². The number of ether oxygens (including phenoxy) is 1. The first-order valence-electron chi connectivity index (χ1n) is 6.24. The van der Waals surface area contributed by atoms with Gasteiger partial charge in [-0.3, -0.25) is 0 Å². The molecule has 1 aliphatic heterocycles. The smallest absolute Gasteiger partial charge is 0.198 e. The van der Waals surface area contributed by atoms with Crippen LogP contribution >= 0.6 is 0 Å². The Labute approximate surface area is 104 Å². The summed E-state index contributed by atoms with van der Waals surface area (Å²) < 4.78 is 5.80. The number of aryl methyl sites for hydroxylation is 1. The molecule has 0 bridgehead atoms. The van der Waals surface area contributed by atoms with Crippen molar-refractivity contribution in [3.8, 4) is 0 Å². The van der Waals surface area contributed by atoms with Crippen LogP contribution in [-0.4, -0.2) is 12.0 Å². The van der Waals surface area contributed by atoms with E-state index in [1.807, 2.05) is 12.1 Å². The molecule has 0 N–H and O–H groups in total. The highest BCUT2D eigenvalue weighted by Gasteiger charge is 2.49. The molecular weight excluding hydrogens is 210 g/mol. The molecule has 2 rings (SSSR count). The van der Waals surface area contributed by atoms with Crippen molar-refractivity contribution in [2.24, 2.45) is 16.3 Å². The second kappa shape index (κ2) is 4.17. The molecule has 0 radical (unpaired) electrons. The number of hydrogen-bond acceptors (Lipinski definition) is 2. The predicted octanol–water partition coefficient (Wildman–Crippen LogP) is 4.11. The van der Waals surface area contributed by atoms with Crippen LogP contribution in [0.4, 0.5) is 5.69 Å². The minimum Gasteiger partial charge on any atom is -0.476 e. The Hall–Kier alpha value is -1.31. The van der Waals surface area contributed by atoms with Crippen molar-refractivity contribution < 1.29 is 4.74 Å². The quantitative estimate of drug-likeness (QED) is 0.750. The van der Waals surface area contributed by atoms with Gasteiger partial charge in [0, 0.05) is 0 Å². The summed E-state index contributed by atoms with van der Waals surface area (Å²) in [7, 11) is 0. The third-order valence-corrected chi connectivity index (χ3v) is 3.37. The monoisotopic (exact) mass is 231 g/mol. The van der Waals surface area contributed by atoms with Crippen molar-refractivity contribution in [3.05, 3.63) is 29.8 Å². The van der Waals surface area contributed by atoms with Crippen LogP contribution in [0.3, 0.4) is 0 Å². The molecule has 1 aromatic rings. The lowest BCUT2D eigenvalue weighted by Crippen LogP contribution is -2.55. The standard InChI is InChI=1S/C15H21NO/c1-10(2)13-15(4,5)14(17-13)16-12-8-6-11(3)7-9-12/h6-10,13H,1-5H3. The summed E-state index contributed by atoms with van der Waals surface area (Å²) in [5.41, 5.74) is 2.28. The summed E-state index contributed by atoms with van der Waals surface area (Å²) in [5.74, 6) is 1.39. The van der Waals surface area contributed by atoms with Gasteiger partial charge in [-0.2, -0.15) is 0 Å². The Morgan fingerprint density at radius 3 is 2.24 bits per heavy atom. The summed E-state index contributed by atoms with van der Waals surface area (Å²) in [6.45, 7) is 10.9. The molecular formula is C15H21NO. The van der Waals surface area contributed by atoms with E-state index >= 15 is 0 Å². The molecule has 0 aliphatic carbocycles. The van der Waals surface area contributed by atoms with Crippen LogP contribution in [0.2, 0.25) is 0 Å². The molecule has 1 heterocycles. The van der Waals surface area contributed by atoms with Crippen LogP contribution in [0.1, 0.15) is 33.3 Å². The van der Waals surface area contributed by atoms with Gasteiger partial charge in [0.1, 0.15) is 6.10 Å². The van der Waals surface area contributed by atoms with Gasteiger partial charge in [0.25, 0.3) is 0 Å². The molecule has 0 amide bonds. The zero-order chi connectivity index (χ0) is 12.6. The first kappa shape index (κ1) is 12.2. The fraction of sp³-hybridized carbons (Fsp3) is 0.533. The molecule has 0 saturated carbocycles. The van der Waals surface area contributed by atoms with Gasteiger partial charge >= 0.3 is 0 Å². The molecule has 92 valence electrons. The van der Waals surface area contributed by atoms with Crippen LogP contribution in [0, 0.1) is 18.3 Å². The zero-order valence-electron chi connectivity index (χ0n) is 11.3. The van der Waals surface area contributed by atoms with Gasteiger partial charge in [-0.15, -0.1) is 0 Å². The average molecular weight is 231 g/mol. The summed E-state index contributed by atoms with van der Waals surface area (Å²) in [6, 6.07) is 8.21. The molecule has 0 aromatic heterocycles. The Kier molecular flexibility index (Phi) is 2.98. The SMILES string of the molecule is Cc1ccc(N=C2OC(C(C)C)C2(C)C)cc1. The van der Waals surface area contributed by atoms with Gasteiger partial charge in [0.2, 0.25) is 0 Å². The molecule has 1 aromatic carbocycles. The molecule has 1 fully saturated rings. The fourth-order valence-electron chi connectivity index (χ4n) is 2.36. The predicted molar refractivity (Wildman–Crippen MR) is 71.8 cm³/mol. The van der Waals surface area contributed by atoms with Gasteiger partial charge in [-0.25, -0.2) is 4.99 Å². The Morgan fingerprint density at radius 1 is 1.18 bits per heavy atom. The first-order valence-corrected chi connectivity index (χ1v) is 6.24. The molecule has 17 heavy (non-hydrogen) atoms. The molecule has 1 unspecified atom stereocenters. The van der Waals surface area contributed by atoms with E-state index in [1.165, 1.54) is 5.56 Å². The number of nitrogens with zero attached hydrogens (tertiary/aromatic N) is 1. The molecule has 1 atom stereocenters. The molecule has 1 aliphatic rings. The second-order valence-corrected chi connectivity index (χ2v) is 5.76. The highest BCUT2D eigenvalue weighted by Crippen LogP contribution is 2.41. The summed E-state index contributed by atoms with van der Waals surface area (Å²) >= 11 is 0. The minimum atomic E-state index is 0.0546. The van der Waals surface area contributed by atoms with E-state index in [0.717, 1.165) is 11.6 Å². The summed E-state index contributed by atoms with van der Waals surface area (Å²) in [4.78, 5) is 4.59. The van der Waals surface area contributed by atoms with Crippen LogP contribution in [0.5, 0.6) is 0 Å². The zero-order valence-corrected chi connectivity index (χ0v) is 11.3. The topological polar surface area (TPSA) is 21.6 Å². The Morgan fingerprint density at radius 2 is 1.76 bits per heavy atom. The molecule has 1 saturated heterocycles. The van der Waals surface area contributed by atoms with E-state index in [4.69, 9.17) is 4.74 Å². The molecule has 0 spiro atoms. The number of rotatable bonds is 2. The maximum atomic E-state index is 5.80. The van der Waals surface area contributed by atoms with Gasteiger partial charge in [-0.1, -0.05) is 31.5 Å². The van der Waals surface area contributed by atoms with Gasteiger partial charge in [-0.05, 0) is 38.8 Å². The van der Waals surface area contributed by atoms with Gasteiger partial charge in [0.05, 0.1) is 11.1 Å². The first-order chi connectivity index (χ1) is 7.91. The molecule has 2 heteroatoms. The lowest BCUT2D eigenvalue weighted by atomic mass is 9.75. The van der Waals surface area contributed by atoms with Gasteiger partial charge in [0.15, 0.2) is 5.90 Å². The van der Waals surface area contributed by atoms with E-state index in [2.05, 4.69) is 51.7 Å². The number of aliphatic imine (C=N–C) groups is 1. The van der Waals surface area contributed by atoms with E-state index < -0.39 is 0 Å². The second-order valence-electron chi connectivity index (χ2n) is 5.76. The van der Waals surface area contributed by atoms with Crippen LogP contribution in [-0.2, 0) is 4.74 Å². The highest BCUT2D eigenvalue weighted by atomic mass is 16.5. The van der Waals surface area contributed by atoms with Crippen molar-refractivity contribution in [1.29, 1.82) is 0 Å². The van der Waals surface area contributed by atoms with E-state index in [0.29, 0.717) is 5.92 Å². The lowest BCUT2D eigenvalue weighted by molar-refractivity contribution is -0.0300. The van der Waals surface area contributed by atoms with E-state index in [-0.39, 0.29) is 11.5 Å². The average Bonchev–Trinajstić information content (AvgIpc) is 2.25. The van der Waals surface area contributed by atoms with Crippen molar-refractivity contribution >= 4 is 11.6 Å². The largest absolute Gasteiger partial charge is 0.476 e. The Bertz CT molecular complexity index is 429. The van der Waals surface area contributed by atoms with Crippen LogP contribution < -0.4 is 0 Å².